The van der Waals surface area contributed by atoms with Crippen LogP contribution in [0.15, 0.2) is 24.7 Å². The molecule has 82 valence electrons. The summed E-state index contributed by atoms with van der Waals surface area (Å²) in [6.45, 7) is 2.61. The molecule has 15 heavy (non-hydrogen) atoms. The van der Waals surface area contributed by atoms with E-state index in [0.717, 1.165) is 31.8 Å². The second-order valence-corrected chi connectivity index (χ2v) is 3.06. The summed E-state index contributed by atoms with van der Waals surface area (Å²) < 4.78 is 4.92. The molecule has 0 atom stereocenters. The van der Waals surface area contributed by atoms with Crippen molar-refractivity contribution >= 4 is 6.08 Å². The molecule has 1 aromatic heterocycles. The third-order valence-corrected chi connectivity index (χ3v) is 1.84. The molecule has 0 saturated heterocycles. The summed E-state index contributed by atoms with van der Waals surface area (Å²) in [6, 6.07) is 0. The summed E-state index contributed by atoms with van der Waals surface area (Å²) in [5.41, 5.74) is 0.898. The smallest absolute Gasteiger partial charge is 0.0809 e. The Kier molecular flexibility index (Phi) is 6.36. The molecule has 4 heteroatoms. The number of nitrogens with one attached hydrogen (secondary N) is 1. The molecule has 1 N–H and O–H groups in total. The zero-order valence-electron chi connectivity index (χ0n) is 9.02. The summed E-state index contributed by atoms with van der Waals surface area (Å²) in [7, 11) is 1.70. The maximum Gasteiger partial charge on any atom is 0.0809 e. The van der Waals surface area contributed by atoms with E-state index in [1.54, 1.807) is 25.7 Å². The van der Waals surface area contributed by atoms with Crippen LogP contribution in [0.3, 0.4) is 0 Å². The predicted molar refractivity (Wildman–Crippen MR) is 60.4 cm³/mol. The number of nitrogens with zero attached hydrogens (tertiary/aromatic N) is 2. The summed E-state index contributed by atoms with van der Waals surface area (Å²) in [5.74, 6) is 0. The van der Waals surface area contributed by atoms with Gasteiger partial charge < -0.3 is 10.1 Å². The van der Waals surface area contributed by atoms with Gasteiger partial charge in [0.25, 0.3) is 0 Å². The van der Waals surface area contributed by atoms with Crippen LogP contribution in [0.25, 0.3) is 6.08 Å². The number of rotatable bonds is 7. The van der Waals surface area contributed by atoms with Crippen molar-refractivity contribution in [3.05, 3.63) is 30.4 Å². The van der Waals surface area contributed by atoms with Crippen molar-refractivity contribution in [3.8, 4) is 0 Å². The minimum Gasteiger partial charge on any atom is -0.383 e. The fourth-order valence-corrected chi connectivity index (χ4v) is 1.09. The standard InChI is InChI=1S/C11H17N3O/c1-15-9-8-12-5-3-2-4-11-10-13-6-7-14-11/h2,4,6-7,10,12H,3,5,8-9H2,1H3. The van der Waals surface area contributed by atoms with Gasteiger partial charge >= 0.3 is 0 Å². The fourth-order valence-electron chi connectivity index (χ4n) is 1.09. The highest BCUT2D eigenvalue weighted by atomic mass is 16.5. The van der Waals surface area contributed by atoms with Crippen molar-refractivity contribution in [3.63, 3.8) is 0 Å². The maximum atomic E-state index is 4.92. The molecule has 0 radical (unpaired) electrons. The first kappa shape index (κ1) is 11.8. The highest BCUT2D eigenvalue weighted by Gasteiger charge is 1.86. The summed E-state index contributed by atoms with van der Waals surface area (Å²) in [6.07, 6.45) is 10.2. The van der Waals surface area contributed by atoms with Crippen molar-refractivity contribution in [2.24, 2.45) is 0 Å². The Morgan fingerprint density at radius 1 is 1.40 bits per heavy atom. The molecule has 1 aromatic rings. The molecule has 0 fully saturated rings. The van der Waals surface area contributed by atoms with E-state index in [1.807, 2.05) is 6.08 Å². The van der Waals surface area contributed by atoms with Crippen molar-refractivity contribution in [2.45, 2.75) is 6.42 Å². The topological polar surface area (TPSA) is 47.0 Å². The Bertz CT molecular complexity index is 274. The zero-order valence-corrected chi connectivity index (χ0v) is 9.02. The van der Waals surface area contributed by atoms with Crippen LogP contribution < -0.4 is 5.32 Å². The highest BCUT2D eigenvalue weighted by Crippen LogP contribution is 1.94. The van der Waals surface area contributed by atoms with Crippen LogP contribution in [0.5, 0.6) is 0 Å². The molecular weight excluding hydrogens is 190 g/mol. The molecule has 1 rings (SSSR count). The monoisotopic (exact) mass is 207 g/mol. The first-order chi connectivity index (χ1) is 7.43. The Morgan fingerprint density at radius 3 is 3.07 bits per heavy atom. The average Bonchev–Trinajstić information content (AvgIpc) is 2.29. The van der Waals surface area contributed by atoms with Gasteiger partial charge in [0.2, 0.25) is 0 Å². The zero-order chi connectivity index (χ0) is 10.8. The van der Waals surface area contributed by atoms with Gasteiger partial charge in [-0.3, -0.25) is 9.97 Å². The van der Waals surface area contributed by atoms with Gasteiger partial charge in [0.05, 0.1) is 18.5 Å². The molecule has 0 aromatic carbocycles. The highest BCUT2D eigenvalue weighted by molar-refractivity contribution is 5.42. The van der Waals surface area contributed by atoms with E-state index in [4.69, 9.17) is 4.74 Å². The Morgan fingerprint density at radius 2 is 2.33 bits per heavy atom. The number of ether oxygens (including phenoxy) is 1. The average molecular weight is 207 g/mol. The van der Waals surface area contributed by atoms with Gasteiger partial charge in [-0.25, -0.2) is 0 Å². The molecule has 0 amide bonds. The number of methoxy groups -OCH3 is 1. The van der Waals surface area contributed by atoms with Gasteiger partial charge in [-0.2, -0.15) is 0 Å². The molecule has 0 saturated carbocycles. The number of hydrogen-bond donors (Lipinski definition) is 1. The molecule has 0 spiro atoms. The van der Waals surface area contributed by atoms with E-state index in [9.17, 15) is 0 Å². The second kappa shape index (κ2) is 8.08. The largest absolute Gasteiger partial charge is 0.383 e. The van der Waals surface area contributed by atoms with Crippen LogP contribution in [-0.2, 0) is 4.74 Å². The van der Waals surface area contributed by atoms with E-state index < -0.39 is 0 Å². The number of aromatic nitrogens is 2. The SMILES string of the molecule is COCCNCCC=Cc1cnccn1. The van der Waals surface area contributed by atoms with Crippen LogP contribution in [0.2, 0.25) is 0 Å². The number of hydrogen-bond acceptors (Lipinski definition) is 4. The molecular formula is C11H17N3O. The summed E-state index contributed by atoms with van der Waals surface area (Å²) >= 11 is 0. The Balaban J connectivity index is 2.07. The lowest BCUT2D eigenvalue weighted by molar-refractivity contribution is 0.199. The second-order valence-electron chi connectivity index (χ2n) is 3.06. The summed E-state index contributed by atoms with van der Waals surface area (Å²) in [4.78, 5) is 8.11. The fraction of sp³-hybridized carbons (Fsp3) is 0.455. The molecule has 4 nitrogen and oxygen atoms in total. The van der Waals surface area contributed by atoms with Gasteiger partial charge in [-0.15, -0.1) is 0 Å². The lowest BCUT2D eigenvalue weighted by atomic mass is 10.3. The van der Waals surface area contributed by atoms with Gasteiger partial charge in [0.15, 0.2) is 0 Å². The Labute approximate surface area is 90.4 Å². The minimum absolute atomic E-state index is 0.758. The molecule has 0 aliphatic carbocycles. The van der Waals surface area contributed by atoms with E-state index in [2.05, 4.69) is 21.4 Å². The van der Waals surface area contributed by atoms with Crippen molar-refractivity contribution in [2.75, 3.05) is 26.8 Å². The normalized spacial score (nSPS) is 11.0. The molecule has 0 unspecified atom stereocenters. The molecule has 1 heterocycles. The van der Waals surface area contributed by atoms with Crippen LogP contribution in [0.4, 0.5) is 0 Å². The molecule has 0 aliphatic heterocycles. The summed E-state index contributed by atoms with van der Waals surface area (Å²) in [5, 5.41) is 3.26. The van der Waals surface area contributed by atoms with Gasteiger partial charge in [0, 0.05) is 26.0 Å². The van der Waals surface area contributed by atoms with E-state index in [0.29, 0.717) is 0 Å². The minimum atomic E-state index is 0.758. The van der Waals surface area contributed by atoms with E-state index in [-0.39, 0.29) is 0 Å². The predicted octanol–water partition coefficient (Wildman–Crippen LogP) is 1.12. The van der Waals surface area contributed by atoms with E-state index in [1.165, 1.54) is 0 Å². The lowest BCUT2D eigenvalue weighted by Crippen LogP contribution is -2.19. The first-order valence-corrected chi connectivity index (χ1v) is 5.05. The Hall–Kier alpha value is -1.26. The van der Waals surface area contributed by atoms with Crippen molar-refractivity contribution in [1.82, 2.24) is 15.3 Å². The lowest BCUT2D eigenvalue weighted by Gasteiger charge is -2.00. The third-order valence-electron chi connectivity index (χ3n) is 1.84. The van der Waals surface area contributed by atoms with Crippen LogP contribution >= 0.6 is 0 Å². The van der Waals surface area contributed by atoms with Crippen molar-refractivity contribution in [1.29, 1.82) is 0 Å². The van der Waals surface area contributed by atoms with Crippen molar-refractivity contribution < 1.29 is 4.74 Å². The third kappa shape index (κ3) is 5.93. The maximum absolute atomic E-state index is 4.92. The van der Waals surface area contributed by atoms with E-state index >= 15 is 0 Å². The van der Waals surface area contributed by atoms with Crippen LogP contribution in [0.1, 0.15) is 12.1 Å². The van der Waals surface area contributed by atoms with Gasteiger partial charge in [-0.05, 0) is 19.0 Å². The van der Waals surface area contributed by atoms with Crippen LogP contribution in [-0.4, -0.2) is 36.8 Å². The van der Waals surface area contributed by atoms with Crippen LogP contribution in [0, 0.1) is 0 Å². The van der Waals surface area contributed by atoms with Gasteiger partial charge in [-0.1, -0.05) is 6.08 Å². The van der Waals surface area contributed by atoms with Gasteiger partial charge in [0.1, 0.15) is 0 Å². The molecule has 0 aliphatic rings. The first-order valence-electron chi connectivity index (χ1n) is 5.05. The quantitative estimate of drug-likeness (QED) is 0.680. The molecule has 0 bridgehead atoms.